The van der Waals surface area contributed by atoms with Gasteiger partial charge >= 0.3 is 11.9 Å². The zero-order valence-corrected chi connectivity index (χ0v) is 11.2. The molecule has 21 heavy (non-hydrogen) atoms. The second-order valence-electron chi connectivity index (χ2n) is 4.67. The molecule has 1 heterocycles. The highest BCUT2D eigenvalue weighted by atomic mass is 16.4. The van der Waals surface area contributed by atoms with Crippen LogP contribution in [0.25, 0.3) is 10.9 Å². The molecule has 0 saturated heterocycles. The number of rotatable bonds is 5. The third kappa shape index (κ3) is 3.19. The minimum absolute atomic E-state index is 0.112. The van der Waals surface area contributed by atoms with E-state index in [2.05, 4.69) is 10.3 Å². The van der Waals surface area contributed by atoms with Crippen LogP contribution in [0.15, 0.2) is 24.4 Å². The van der Waals surface area contributed by atoms with Gasteiger partial charge in [-0.3, -0.25) is 4.79 Å². The van der Waals surface area contributed by atoms with Gasteiger partial charge in [0.2, 0.25) is 5.91 Å². The molecule has 0 spiro atoms. The maximum absolute atomic E-state index is 11.1. The van der Waals surface area contributed by atoms with Gasteiger partial charge in [-0.05, 0) is 17.7 Å². The minimum Gasteiger partial charge on any atom is -0.480 e. The number of carboxylic acid groups (broad SMARTS) is 2. The average molecular weight is 290 g/mol. The Labute approximate surface area is 119 Å². The van der Waals surface area contributed by atoms with Crippen molar-refractivity contribution in [2.75, 3.05) is 0 Å². The van der Waals surface area contributed by atoms with Gasteiger partial charge in [0.15, 0.2) is 0 Å². The maximum atomic E-state index is 11.1. The molecule has 1 aromatic heterocycles. The third-order valence-electron chi connectivity index (χ3n) is 3.11. The largest absolute Gasteiger partial charge is 0.480 e. The van der Waals surface area contributed by atoms with Gasteiger partial charge in [-0.15, -0.1) is 0 Å². The molecular formula is C14H14N2O5. The lowest BCUT2D eigenvalue weighted by Gasteiger charge is -2.12. The summed E-state index contributed by atoms with van der Waals surface area (Å²) in [5.74, 6) is -2.58. The smallest absolute Gasteiger partial charge is 0.335 e. The number of aromatic carboxylic acids is 1. The molecule has 110 valence electrons. The van der Waals surface area contributed by atoms with Gasteiger partial charge in [-0.25, -0.2) is 9.59 Å². The summed E-state index contributed by atoms with van der Waals surface area (Å²) in [7, 11) is 0. The molecule has 2 aromatic rings. The van der Waals surface area contributed by atoms with Gasteiger partial charge in [-0.2, -0.15) is 0 Å². The number of fused-ring (bicyclic) bond motifs is 1. The molecular weight excluding hydrogens is 276 g/mol. The van der Waals surface area contributed by atoms with E-state index in [1.807, 2.05) is 0 Å². The monoisotopic (exact) mass is 290 g/mol. The summed E-state index contributed by atoms with van der Waals surface area (Å²) in [6.07, 6.45) is 1.73. The number of carbonyl (C=O) groups is 3. The number of hydrogen-bond donors (Lipinski definition) is 4. The molecule has 1 atom stereocenters. The fourth-order valence-corrected chi connectivity index (χ4v) is 2.15. The van der Waals surface area contributed by atoms with Crippen LogP contribution in [-0.4, -0.2) is 39.1 Å². The van der Waals surface area contributed by atoms with Crippen molar-refractivity contribution in [3.8, 4) is 0 Å². The number of nitrogens with one attached hydrogen (secondary N) is 2. The Hall–Kier alpha value is -2.83. The first kappa shape index (κ1) is 14.6. The molecule has 1 amide bonds. The van der Waals surface area contributed by atoms with Crippen LogP contribution in [0.2, 0.25) is 0 Å². The lowest BCUT2D eigenvalue weighted by Crippen LogP contribution is -2.41. The lowest BCUT2D eigenvalue weighted by molar-refractivity contribution is -0.141. The van der Waals surface area contributed by atoms with Crippen LogP contribution in [0.1, 0.15) is 22.8 Å². The summed E-state index contributed by atoms with van der Waals surface area (Å²) >= 11 is 0. The average Bonchev–Trinajstić information content (AvgIpc) is 2.79. The van der Waals surface area contributed by atoms with Crippen LogP contribution in [0.4, 0.5) is 0 Å². The molecule has 0 bridgehead atoms. The zero-order valence-electron chi connectivity index (χ0n) is 11.2. The molecule has 0 aliphatic carbocycles. The van der Waals surface area contributed by atoms with E-state index >= 15 is 0 Å². The Bertz CT molecular complexity index is 719. The summed E-state index contributed by atoms with van der Waals surface area (Å²) < 4.78 is 0. The number of carboxylic acids is 2. The summed E-state index contributed by atoms with van der Waals surface area (Å²) in [5, 5.41) is 21.1. The van der Waals surface area contributed by atoms with E-state index < -0.39 is 23.9 Å². The number of benzene rings is 1. The van der Waals surface area contributed by atoms with Gasteiger partial charge in [0, 0.05) is 30.4 Å². The van der Waals surface area contributed by atoms with Crippen molar-refractivity contribution in [1.29, 1.82) is 0 Å². The lowest BCUT2D eigenvalue weighted by atomic mass is 10.0. The standard InChI is InChI=1S/C14H14N2O5/c1-7(17)16-12(14(20)21)5-9-6-15-11-4-8(13(18)19)2-3-10(9)11/h2-4,6,12,15H,5H2,1H3,(H,16,17)(H,18,19)(H,20,21). The van der Waals surface area contributed by atoms with Crippen LogP contribution in [0.3, 0.4) is 0 Å². The van der Waals surface area contributed by atoms with Crippen molar-refractivity contribution < 1.29 is 24.6 Å². The quantitative estimate of drug-likeness (QED) is 0.655. The molecule has 7 heteroatoms. The first-order chi connectivity index (χ1) is 9.88. The summed E-state index contributed by atoms with van der Waals surface area (Å²) in [6, 6.07) is 3.53. The van der Waals surface area contributed by atoms with E-state index in [9.17, 15) is 14.4 Å². The molecule has 4 N–H and O–H groups in total. The van der Waals surface area contributed by atoms with Crippen molar-refractivity contribution in [2.45, 2.75) is 19.4 Å². The second-order valence-corrected chi connectivity index (χ2v) is 4.67. The van der Waals surface area contributed by atoms with Crippen LogP contribution in [-0.2, 0) is 16.0 Å². The van der Waals surface area contributed by atoms with E-state index in [0.717, 1.165) is 5.39 Å². The first-order valence-electron chi connectivity index (χ1n) is 6.21. The van der Waals surface area contributed by atoms with E-state index in [1.54, 1.807) is 12.3 Å². The van der Waals surface area contributed by atoms with Crippen molar-refractivity contribution in [3.63, 3.8) is 0 Å². The molecule has 1 aromatic carbocycles. The Balaban J connectivity index is 2.32. The Morgan fingerprint density at radius 1 is 1.29 bits per heavy atom. The second kappa shape index (κ2) is 5.66. The van der Waals surface area contributed by atoms with E-state index in [-0.39, 0.29) is 12.0 Å². The van der Waals surface area contributed by atoms with Crippen molar-refractivity contribution in [3.05, 3.63) is 35.5 Å². The van der Waals surface area contributed by atoms with Crippen molar-refractivity contribution in [2.24, 2.45) is 0 Å². The van der Waals surface area contributed by atoms with Gasteiger partial charge in [0.25, 0.3) is 0 Å². The normalized spacial score (nSPS) is 12.0. The molecule has 7 nitrogen and oxygen atoms in total. The van der Waals surface area contributed by atoms with Crippen LogP contribution in [0.5, 0.6) is 0 Å². The number of hydrogen-bond acceptors (Lipinski definition) is 3. The number of aromatic nitrogens is 1. The van der Waals surface area contributed by atoms with Gasteiger partial charge in [0.05, 0.1) is 5.56 Å². The predicted molar refractivity (Wildman–Crippen MR) is 74.2 cm³/mol. The van der Waals surface area contributed by atoms with Crippen molar-refractivity contribution in [1.82, 2.24) is 10.3 Å². The van der Waals surface area contributed by atoms with Crippen LogP contribution < -0.4 is 5.32 Å². The first-order valence-corrected chi connectivity index (χ1v) is 6.21. The highest BCUT2D eigenvalue weighted by Crippen LogP contribution is 2.21. The number of aromatic amines is 1. The topological polar surface area (TPSA) is 119 Å². The SMILES string of the molecule is CC(=O)NC(Cc1c[nH]c2cc(C(=O)O)ccc12)C(=O)O. The highest BCUT2D eigenvalue weighted by Gasteiger charge is 2.20. The fourth-order valence-electron chi connectivity index (χ4n) is 2.15. The number of amides is 1. The Kier molecular flexibility index (Phi) is 3.93. The van der Waals surface area contributed by atoms with Crippen LogP contribution >= 0.6 is 0 Å². The minimum atomic E-state index is -1.12. The molecule has 2 rings (SSSR count). The Morgan fingerprint density at radius 2 is 2.00 bits per heavy atom. The van der Waals surface area contributed by atoms with Gasteiger partial charge in [0.1, 0.15) is 6.04 Å². The maximum Gasteiger partial charge on any atom is 0.335 e. The molecule has 0 aliphatic heterocycles. The van der Waals surface area contributed by atoms with E-state index in [0.29, 0.717) is 11.1 Å². The van der Waals surface area contributed by atoms with E-state index in [1.165, 1.54) is 19.1 Å². The molecule has 0 fully saturated rings. The summed E-state index contributed by atoms with van der Waals surface area (Å²) in [5.41, 5.74) is 1.45. The summed E-state index contributed by atoms with van der Waals surface area (Å²) in [4.78, 5) is 36.0. The fraction of sp³-hybridized carbons (Fsp3) is 0.214. The molecule has 0 radical (unpaired) electrons. The molecule has 0 aliphatic rings. The van der Waals surface area contributed by atoms with Gasteiger partial charge in [-0.1, -0.05) is 6.07 Å². The van der Waals surface area contributed by atoms with Gasteiger partial charge < -0.3 is 20.5 Å². The highest BCUT2D eigenvalue weighted by molar-refractivity contribution is 5.94. The van der Waals surface area contributed by atoms with Crippen molar-refractivity contribution >= 4 is 28.7 Å². The van der Waals surface area contributed by atoms with E-state index in [4.69, 9.17) is 10.2 Å². The zero-order chi connectivity index (χ0) is 15.6. The predicted octanol–water partition coefficient (Wildman–Crippen LogP) is 0.998. The Morgan fingerprint density at radius 3 is 2.57 bits per heavy atom. The third-order valence-corrected chi connectivity index (χ3v) is 3.11. The number of H-pyrrole nitrogens is 1. The molecule has 1 unspecified atom stereocenters. The summed E-state index contributed by atoms with van der Waals surface area (Å²) in [6.45, 7) is 1.25. The molecule has 0 saturated carbocycles. The number of aliphatic carboxylic acids is 1. The van der Waals surface area contributed by atoms with Crippen LogP contribution in [0, 0.1) is 0 Å². The number of carbonyl (C=O) groups excluding carboxylic acids is 1.